The number of nitrogens with two attached hydrogens (primary N) is 1. The van der Waals surface area contributed by atoms with E-state index in [0.717, 1.165) is 23.0 Å². The van der Waals surface area contributed by atoms with Gasteiger partial charge in [-0.1, -0.05) is 18.2 Å². The van der Waals surface area contributed by atoms with Crippen molar-refractivity contribution in [2.45, 2.75) is 25.8 Å². The molecule has 0 saturated carbocycles. The molecule has 2 N–H and O–H groups in total. The van der Waals surface area contributed by atoms with Gasteiger partial charge in [-0.2, -0.15) is 0 Å². The first-order valence-electron chi connectivity index (χ1n) is 5.46. The molecule has 0 aliphatic heterocycles. The number of halogens is 1. The highest BCUT2D eigenvalue weighted by atomic mass is 79.9. The number of nitrogens with zero attached hydrogens (tertiary/aromatic N) is 1. The zero-order valence-electron chi connectivity index (χ0n) is 9.28. The van der Waals surface area contributed by atoms with Crippen molar-refractivity contribution in [1.82, 2.24) is 4.98 Å². The summed E-state index contributed by atoms with van der Waals surface area (Å²) >= 11 is 3.52. The van der Waals surface area contributed by atoms with E-state index >= 15 is 0 Å². The van der Waals surface area contributed by atoms with Crippen LogP contribution in [0.1, 0.15) is 18.9 Å². The van der Waals surface area contributed by atoms with Gasteiger partial charge in [0.05, 0.1) is 5.52 Å². The lowest BCUT2D eigenvalue weighted by Crippen LogP contribution is -2.15. The van der Waals surface area contributed by atoms with Crippen LogP contribution < -0.4 is 5.73 Å². The van der Waals surface area contributed by atoms with Crippen LogP contribution >= 0.6 is 15.9 Å². The molecule has 1 unspecified atom stereocenters. The number of aryl methyl sites for hydroxylation is 1. The zero-order chi connectivity index (χ0) is 11.5. The minimum absolute atomic E-state index is 0.235. The lowest BCUT2D eigenvalue weighted by Gasteiger charge is -2.08. The van der Waals surface area contributed by atoms with E-state index < -0.39 is 0 Å². The number of pyridine rings is 1. The van der Waals surface area contributed by atoms with Crippen molar-refractivity contribution in [2.24, 2.45) is 5.73 Å². The molecule has 3 heteroatoms. The Bertz CT molecular complexity index is 494. The lowest BCUT2D eigenvalue weighted by atomic mass is 10.1. The van der Waals surface area contributed by atoms with Gasteiger partial charge >= 0.3 is 0 Å². The minimum atomic E-state index is 0.235. The molecule has 1 aromatic heterocycles. The maximum atomic E-state index is 5.77. The van der Waals surface area contributed by atoms with Gasteiger partial charge in [-0.15, -0.1) is 0 Å². The van der Waals surface area contributed by atoms with E-state index in [1.807, 2.05) is 25.1 Å². The summed E-state index contributed by atoms with van der Waals surface area (Å²) < 4.78 is 0.937. The van der Waals surface area contributed by atoms with Crippen LogP contribution in [0.5, 0.6) is 0 Å². The highest BCUT2D eigenvalue weighted by Gasteiger charge is 2.05. The van der Waals surface area contributed by atoms with Crippen LogP contribution in [-0.2, 0) is 6.42 Å². The summed E-state index contributed by atoms with van der Waals surface area (Å²) in [5.41, 5.74) is 8.03. The van der Waals surface area contributed by atoms with Gasteiger partial charge in [0.1, 0.15) is 4.60 Å². The molecule has 1 heterocycles. The fourth-order valence-electron chi connectivity index (χ4n) is 1.69. The number of fused-ring (bicyclic) bond motifs is 1. The molecule has 1 aromatic carbocycles. The summed E-state index contributed by atoms with van der Waals surface area (Å²) in [5.74, 6) is 0. The lowest BCUT2D eigenvalue weighted by molar-refractivity contribution is 0.664. The van der Waals surface area contributed by atoms with Gasteiger partial charge in [0.15, 0.2) is 0 Å². The van der Waals surface area contributed by atoms with Gasteiger partial charge in [0.2, 0.25) is 0 Å². The first-order chi connectivity index (χ1) is 7.66. The van der Waals surface area contributed by atoms with E-state index in [2.05, 4.69) is 33.0 Å². The molecular formula is C13H15BrN2. The van der Waals surface area contributed by atoms with Gasteiger partial charge in [0, 0.05) is 11.4 Å². The molecule has 0 aliphatic carbocycles. The van der Waals surface area contributed by atoms with Crippen LogP contribution in [0.2, 0.25) is 0 Å². The van der Waals surface area contributed by atoms with Crippen molar-refractivity contribution in [3.63, 3.8) is 0 Å². The predicted octanol–water partition coefficient (Wildman–Crippen LogP) is 3.28. The molecule has 2 nitrogen and oxygen atoms in total. The molecule has 0 amide bonds. The number of hydrogen-bond donors (Lipinski definition) is 1. The topological polar surface area (TPSA) is 38.9 Å². The molecular weight excluding hydrogens is 264 g/mol. The van der Waals surface area contributed by atoms with E-state index in [0.29, 0.717) is 0 Å². The standard InChI is InChI=1S/C13H15BrN2/c1-9(15)6-7-11-8-10-4-2-3-5-12(10)16-13(11)14/h2-5,8-9H,6-7,15H2,1H3. The maximum Gasteiger partial charge on any atom is 0.110 e. The molecule has 0 saturated heterocycles. The number of para-hydroxylation sites is 1. The quantitative estimate of drug-likeness (QED) is 0.876. The van der Waals surface area contributed by atoms with Gasteiger partial charge in [-0.3, -0.25) is 0 Å². The fraction of sp³-hybridized carbons (Fsp3) is 0.308. The second-order valence-corrected chi connectivity index (χ2v) is 4.90. The molecule has 2 rings (SSSR count). The Labute approximate surface area is 104 Å². The molecule has 0 aliphatic rings. The molecule has 0 radical (unpaired) electrons. The van der Waals surface area contributed by atoms with E-state index in [-0.39, 0.29) is 6.04 Å². The third kappa shape index (κ3) is 2.60. The van der Waals surface area contributed by atoms with Crippen molar-refractivity contribution in [3.05, 3.63) is 40.5 Å². The molecule has 0 bridgehead atoms. The maximum absolute atomic E-state index is 5.77. The Balaban J connectivity index is 2.34. The zero-order valence-corrected chi connectivity index (χ0v) is 10.9. The van der Waals surface area contributed by atoms with Crippen molar-refractivity contribution < 1.29 is 0 Å². The fourth-order valence-corrected chi connectivity index (χ4v) is 2.20. The first-order valence-corrected chi connectivity index (χ1v) is 6.26. The van der Waals surface area contributed by atoms with Crippen LogP contribution in [0.3, 0.4) is 0 Å². The van der Waals surface area contributed by atoms with E-state index in [9.17, 15) is 0 Å². The van der Waals surface area contributed by atoms with Crippen LogP contribution in [0.25, 0.3) is 10.9 Å². The van der Waals surface area contributed by atoms with Crippen molar-refractivity contribution in [1.29, 1.82) is 0 Å². The molecule has 16 heavy (non-hydrogen) atoms. The SMILES string of the molecule is CC(N)CCc1cc2ccccc2nc1Br. The highest BCUT2D eigenvalue weighted by Crippen LogP contribution is 2.22. The Morgan fingerprint density at radius 1 is 1.38 bits per heavy atom. The van der Waals surface area contributed by atoms with Gasteiger partial charge in [-0.25, -0.2) is 4.98 Å². The molecule has 2 aromatic rings. The normalized spacial score (nSPS) is 12.9. The van der Waals surface area contributed by atoms with E-state index in [4.69, 9.17) is 5.73 Å². The molecule has 0 fully saturated rings. The van der Waals surface area contributed by atoms with Crippen molar-refractivity contribution in [2.75, 3.05) is 0 Å². The molecule has 84 valence electrons. The van der Waals surface area contributed by atoms with Crippen LogP contribution in [0, 0.1) is 0 Å². The van der Waals surface area contributed by atoms with Gasteiger partial charge in [0.25, 0.3) is 0 Å². The smallest absolute Gasteiger partial charge is 0.110 e. The predicted molar refractivity (Wildman–Crippen MR) is 71.4 cm³/mol. The van der Waals surface area contributed by atoms with Gasteiger partial charge in [-0.05, 0) is 53.4 Å². The second-order valence-electron chi connectivity index (χ2n) is 4.15. The van der Waals surface area contributed by atoms with Crippen LogP contribution in [-0.4, -0.2) is 11.0 Å². The monoisotopic (exact) mass is 278 g/mol. The largest absolute Gasteiger partial charge is 0.328 e. The first kappa shape index (κ1) is 11.6. The van der Waals surface area contributed by atoms with E-state index in [1.165, 1.54) is 10.9 Å². The van der Waals surface area contributed by atoms with E-state index in [1.54, 1.807) is 0 Å². The Morgan fingerprint density at radius 2 is 2.12 bits per heavy atom. The Hall–Kier alpha value is -0.930. The van der Waals surface area contributed by atoms with Crippen molar-refractivity contribution in [3.8, 4) is 0 Å². The van der Waals surface area contributed by atoms with Crippen molar-refractivity contribution >= 4 is 26.8 Å². The average Bonchev–Trinajstić information content (AvgIpc) is 2.26. The molecule has 1 atom stereocenters. The second kappa shape index (κ2) is 4.93. The van der Waals surface area contributed by atoms with Crippen LogP contribution in [0.15, 0.2) is 34.9 Å². The van der Waals surface area contributed by atoms with Crippen LogP contribution in [0.4, 0.5) is 0 Å². The minimum Gasteiger partial charge on any atom is -0.328 e. The summed E-state index contributed by atoms with van der Waals surface area (Å²) in [6, 6.07) is 10.6. The third-order valence-corrected chi connectivity index (χ3v) is 3.31. The number of aromatic nitrogens is 1. The highest BCUT2D eigenvalue weighted by molar-refractivity contribution is 9.10. The third-order valence-electron chi connectivity index (χ3n) is 2.62. The van der Waals surface area contributed by atoms with Gasteiger partial charge < -0.3 is 5.73 Å². The summed E-state index contributed by atoms with van der Waals surface area (Å²) in [6.07, 6.45) is 1.95. The number of rotatable bonds is 3. The number of benzene rings is 1. The molecule has 0 spiro atoms. The summed E-state index contributed by atoms with van der Waals surface area (Å²) in [7, 11) is 0. The summed E-state index contributed by atoms with van der Waals surface area (Å²) in [4.78, 5) is 4.53. The summed E-state index contributed by atoms with van der Waals surface area (Å²) in [5, 5.41) is 1.19. The Kier molecular flexibility index (Phi) is 3.56. The summed E-state index contributed by atoms with van der Waals surface area (Å²) in [6.45, 7) is 2.03. The average molecular weight is 279 g/mol. The number of hydrogen-bond acceptors (Lipinski definition) is 2. The Morgan fingerprint density at radius 3 is 2.88 bits per heavy atom.